The molecule has 0 heterocycles. The Hall–Kier alpha value is -1.97. The van der Waals surface area contributed by atoms with Gasteiger partial charge in [0.1, 0.15) is 5.82 Å². The highest BCUT2D eigenvalue weighted by Gasteiger charge is 2.13. The molecule has 0 aliphatic carbocycles. The summed E-state index contributed by atoms with van der Waals surface area (Å²) in [4.78, 5) is 2.15. The van der Waals surface area contributed by atoms with E-state index < -0.39 is 6.10 Å². The first-order chi connectivity index (χ1) is 11.2. The van der Waals surface area contributed by atoms with Crippen LogP contribution < -0.4 is 0 Å². The fraction of sp³-hybridized carbons (Fsp3) is 0.300. The van der Waals surface area contributed by atoms with Crippen molar-refractivity contribution in [1.29, 1.82) is 0 Å². The highest BCUT2D eigenvalue weighted by atomic mass is 19.1. The van der Waals surface area contributed by atoms with Crippen LogP contribution in [0.25, 0.3) is 0 Å². The van der Waals surface area contributed by atoms with Gasteiger partial charge in [-0.15, -0.1) is 6.58 Å². The van der Waals surface area contributed by atoms with Gasteiger partial charge in [-0.3, -0.25) is 4.90 Å². The third-order valence-electron chi connectivity index (χ3n) is 3.72. The molecule has 0 aliphatic rings. The van der Waals surface area contributed by atoms with Crippen LogP contribution in [0.4, 0.5) is 4.39 Å². The van der Waals surface area contributed by atoms with E-state index in [-0.39, 0.29) is 5.82 Å². The summed E-state index contributed by atoms with van der Waals surface area (Å²) in [5, 5.41) is 10.2. The Morgan fingerprint density at radius 1 is 1.04 bits per heavy atom. The van der Waals surface area contributed by atoms with Gasteiger partial charge in [-0.1, -0.05) is 48.5 Å². The summed E-state index contributed by atoms with van der Waals surface area (Å²) in [6.45, 7) is 5.58. The number of allylic oxidation sites excluding steroid dienone is 1. The number of hydrogen-bond acceptors (Lipinski definition) is 2. The lowest BCUT2D eigenvalue weighted by Gasteiger charge is -2.25. The van der Waals surface area contributed by atoms with Crippen molar-refractivity contribution in [3.63, 3.8) is 0 Å². The third kappa shape index (κ3) is 6.35. The first-order valence-corrected chi connectivity index (χ1v) is 7.97. The van der Waals surface area contributed by atoms with E-state index in [1.165, 1.54) is 11.6 Å². The molecule has 0 saturated carbocycles. The van der Waals surface area contributed by atoms with Crippen molar-refractivity contribution in [3.8, 4) is 0 Å². The second-order valence-electron chi connectivity index (χ2n) is 5.80. The normalized spacial score (nSPS) is 12.3. The number of halogens is 1. The van der Waals surface area contributed by atoms with Gasteiger partial charge in [-0.05, 0) is 36.1 Å². The maximum atomic E-state index is 13.4. The Morgan fingerprint density at radius 3 is 2.43 bits per heavy atom. The van der Waals surface area contributed by atoms with Crippen molar-refractivity contribution >= 4 is 0 Å². The molecule has 23 heavy (non-hydrogen) atoms. The van der Waals surface area contributed by atoms with Crippen LogP contribution in [0.3, 0.4) is 0 Å². The average molecular weight is 313 g/mol. The molecule has 0 aromatic heterocycles. The first-order valence-electron chi connectivity index (χ1n) is 7.97. The van der Waals surface area contributed by atoms with E-state index in [9.17, 15) is 9.50 Å². The summed E-state index contributed by atoms with van der Waals surface area (Å²) in [6.07, 6.45) is 2.89. The van der Waals surface area contributed by atoms with E-state index in [1.54, 1.807) is 12.1 Å². The Morgan fingerprint density at radius 2 is 1.74 bits per heavy atom. The van der Waals surface area contributed by atoms with E-state index in [4.69, 9.17) is 0 Å². The number of nitrogens with zero attached hydrogens (tertiary/aromatic N) is 1. The number of benzene rings is 2. The zero-order chi connectivity index (χ0) is 16.5. The molecule has 0 spiro atoms. The summed E-state index contributed by atoms with van der Waals surface area (Å²) in [7, 11) is 0. The van der Waals surface area contributed by atoms with Gasteiger partial charge in [0.15, 0.2) is 0 Å². The molecule has 0 fully saturated rings. The molecule has 0 saturated heterocycles. The van der Waals surface area contributed by atoms with Crippen LogP contribution in [0, 0.1) is 5.82 Å². The molecule has 1 atom stereocenters. The van der Waals surface area contributed by atoms with Gasteiger partial charge < -0.3 is 5.11 Å². The molecular formula is C20H24FNO. The molecule has 2 rings (SSSR count). The van der Waals surface area contributed by atoms with Crippen LogP contribution in [-0.4, -0.2) is 22.7 Å². The van der Waals surface area contributed by atoms with Gasteiger partial charge in [0.05, 0.1) is 6.10 Å². The fourth-order valence-corrected chi connectivity index (χ4v) is 2.62. The van der Waals surface area contributed by atoms with Crippen molar-refractivity contribution in [2.75, 3.05) is 6.54 Å². The Labute approximate surface area is 137 Å². The maximum absolute atomic E-state index is 13.4. The molecule has 2 nitrogen and oxygen atoms in total. The van der Waals surface area contributed by atoms with Crippen LogP contribution in [0.5, 0.6) is 0 Å². The minimum atomic E-state index is -0.412. The van der Waals surface area contributed by atoms with E-state index >= 15 is 0 Å². The molecule has 2 aromatic carbocycles. The van der Waals surface area contributed by atoms with Gasteiger partial charge in [0.25, 0.3) is 0 Å². The minimum Gasteiger partial charge on any atom is -0.392 e. The van der Waals surface area contributed by atoms with E-state index in [0.717, 1.165) is 18.5 Å². The second-order valence-corrected chi connectivity index (χ2v) is 5.80. The maximum Gasteiger partial charge on any atom is 0.123 e. The van der Waals surface area contributed by atoms with E-state index in [0.29, 0.717) is 19.5 Å². The highest BCUT2D eigenvalue weighted by molar-refractivity contribution is 5.18. The summed E-state index contributed by atoms with van der Waals surface area (Å²) >= 11 is 0. The summed E-state index contributed by atoms with van der Waals surface area (Å²) in [5.41, 5.74) is 2.09. The molecule has 0 amide bonds. The molecule has 3 heteroatoms. The summed E-state index contributed by atoms with van der Waals surface area (Å²) in [5.74, 6) is -0.227. The molecule has 2 aromatic rings. The standard InChI is InChI=1S/C20H24FNO/c1-2-3-12-20(23)16-22(14-17-8-5-4-6-9-17)15-18-10-7-11-19(21)13-18/h2,4-11,13,20,23H,1,3,12,14-16H2/t20-/m0/s1. The van der Waals surface area contributed by atoms with Gasteiger partial charge >= 0.3 is 0 Å². The van der Waals surface area contributed by atoms with Crippen molar-refractivity contribution in [1.82, 2.24) is 4.90 Å². The van der Waals surface area contributed by atoms with Crippen molar-refractivity contribution in [2.24, 2.45) is 0 Å². The van der Waals surface area contributed by atoms with Crippen LogP contribution in [0.15, 0.2) is 67.3 Å². The smallest absolute Gasteiger partial charge is 0.123 e. The molecule has 0 bridgehead atoms. The van der Waals surface area contributed by atoms with Crippen LogP contribution in [-0.2, 0) is 13.1 Å². The molecular weight excluding hydrogens is 289 g/mol. The van der Waals surface area contributed by atoms with Crippen LogP contribution >= 0.6 is 0 Å². The van der Waals surface area contributed by atoms with Gasteiger partial charge in [0.2, 0.25) is 0 Å². The molecule has 122 valence electrons. The predicted octanol–water partition coefficient (Wildman–Crippen LogP) is 4.16. The summed E-state index contributed by atoms with van der Waals surface area (Å²) < 4.78 is 13.4. The Kier molecular flexibility index (Phi) is 6.98. The lowest BCUT2D eigenvalue weighted by atomic mass is 10.1. The predicted molar refractivity (Wildman–Crippen MR) is 92.4 cm³/mol. The number of aliphatic hydroxyl groups is 1. The molecule has 0 radical (unpaired) electrons. The monoisotopic (exact) mass is 313 g/mol. The third-order valence-corrected chi connectivity index (χ3v) is 3.72. The van der Waals surface area contributed by atoms with Crippen LogP contribution in [0.1, 0.15) is 24.0 Å². The quantitative estimate of drug-likeness (QED) is 0.703. The SMILES string of the molecule is C=CCC[C@H](O)CN(Cc1ccccc1)Cc1cccc(F)c1. The Balaban J connectivity index is 2.05. The Bertz CT molecular complexity index is 600. The zero-order valence-electron chi connectivity index (χ0n) is 13.4. The van der Waals surface area contributed by atoms with Gasteiger partial charge in [-0.25, -0.2) is 4.39 Å². The molecule has 0 unspecified atom stereocenters. The second kappa shape index (κ2) is 9.23. The van der Waals surface area contributed by atoms with E-state index in [2.05, 4.69) is 23.6 Å². The number of rotatable bonds is 9. The first kappa shape index (κ1) is 17.4. The highest BCUT2D eigenvalue weighted by Crippen LogP contribution is 2.13. The largest absolute Gasteiger partial charge is 0.392 e. The van der Waals surface area contributed by atoms with Gasteiger partial charge in [-0.2, -0.15) is 0 Å². The average Bonchev–Trinajstić information content (AvgIpc) is 2.54. The minimum absolute atomic E-state index is 0.227. The number of hydrogen-bond donors (Lipinski definition) is 1. The lowest BCUT2D eigenvalue weighted by Crippen LogP contribution is -2.31. The van der Waals surface area contributed by atoms with E-state index in [1.807, 2.05) is 30.3 Å². The number of aliphatic hydroxyl groups excluding tert-OH is 1. The topological polar surface area (TPSA) is 23.5 Å². The van der Waals surface area contributed by atoms with Crippen molar-refractivity contribution in [3.05, 3.63) is 84.2 Å². The lowest BCUT2D eigenvalue weighted by molar-refractivity contribution is 0.0983. The van der Waals surface area contributed by atoms with Crippen LogP contribution in [0.2, 0.25) is 0 Å². The van der Waals surface area contributed by atoms with Crippen molar-refractivity contribution in [2.45, 2.75) is 32.0 Å². The molecule has 1 N–H and O–H groups in total. The van der Waals surface area contributed by atoms with Gasteiger partial charge in [0, 0.05) is 19.6 Å². The molecule has 0 aliphatic heterocycles. The fourth-order valence-electron chi connectivity index (χ4n) is 2.62. The van der Waals surface area contributed by atoms with Crippen molar-refractivity contribution < 1.29 is 9.50 Å². The zero-order valence-corrected chi connectivity index (χ0v) is 13.4. The summed E-state index contributed by atoms with van der Waals surface area (Å²) in [6, 6.07) is 16.8.